The highest BCUT2D eigenvalue weighted by Gasteiger charge is 2.58. The van der Waals surface area contributed by atoms with Crippen LogP contribution in [0.5, 0.6) is 0 Å². The average Bonchev–Trinajstić information content (AvgIpc) is 3.18. The Kier molecular flexibility index (Phi) is 16.0. The molecule has 25 atom stereocenters. The molecular weight excluding hydrogens is 782 g/mol. The summed E-state index contributed by atoms with van der Waals surface area (Å²) >= 11 is 0. The molecule has 11 unspecified atom stereocenters. The van der Waals surface area contributed by atoms with Gasteiger partial charge in [0.2, 0.25) is 5.91 Å². The first-order valence-electron chi connectivity index (χ1n) is 18.3. The van der Waals surface area contributed by atoms with Gasteiger partial charge in [-0.2, -0.15) is 0 Å². The molecule has 0 aromatic heterocycles. The highest BCUT2D eigenvalue weighted by molar-refractivity contribution is 5.73. The molecule has 5 heterocycles. The third kappa shape index (κ3) is 9.71. The number of nitrogens with one attached hydrogen (secondary N) is 1. The third-order valence-electron chi connectivity index (χ3n) is 10.6. The zero-order chi connectivity index (χ0) is 42.2. The Bertz CT molecular complexity index is 1290. The van der Waals surface area contributed by atoms with Gasteiger partial charge in [-0.25, -0.2) is 0 Å². The number of ether oxygens (including phenoxy) is 9. The highest BCUT2D eigenvalue weighted by atomic mass is 16.8. The number of hydrogen-bond donors (Lipinski definition) is 15. The fourth-order valence-electron chi connectivity index (χ4n) is 7.29. The number of amides is 1. The van der Waals surface area contributed by atoms with Crippen molar-refractivity contribution in [1.82, 2.24) is 5.32 Å². The van der Waals surface area contributed by atoms with E-state index in [-0.39, 0.29) is 0 Å². The number of carbonyl (C=O) groups excluding carboxylic acids is 1. The van der Waals surface area contributed by atoms with Crippen LogP contribution in [-0.4, -0.2) is 251 Å². The molecule has 0 saturated carbocycles. The summed E-state index contributed by atoms with van der Waals surface area (Å²) in [5.74, 6) is -0.823. The van der Waals surface area contributed by atoms with Gasteiger partial charge in [0.05, 0.1) is 32.0 Å². The van der Waals surface area contributed by atoms with E-state index in [1.54, 1.807) is 0 Å². The lowest BCUT2D eigenvalue weighted by atomic mass is 9.93. The number of carbonyl (C=O) groups is 1. The van der Waals surface area contributed by atoms with E-state index in [1.807, 2.05) is 0 Å². The highest BCUT2D eigenvalue weighted by Crippen LogP contribution is 2.37. The molecule has 25 nitrogen and oxygen atoms in total. The van der Waals surface area contributed by atoms with Crippen molar-refractivity contribution < 1.29 is 119 Å². The van der Waals surface area contributed by atoms with E-state index in [4.69, 9.17) is 42.6 Å². The van der Waals surface area contributed by atoms with Gasteiger partial charge in [-0.1, -0.05) is 0 Å². The van der Waals surface area contributed by atoms with Crippen molar-refractivity contribution in [3.05, 3.63) is 0 Å². The standard InChI is InChI=1S/C32H55NO24/c1-7-14(38)18(42)21(45)30(49-7)54-24-12(6-36)53-29(56-26-17(41)11(5-35)51-28(48)23(26)47)13(33-9(3)37)25(24)55-32-27(20(44)16(40)10(4-34)52-32)57-31-22(46)19(43)15(39)8(2)50-31/h7-8,10-32,34-36,38-48H,4-6H2,1-3H3,(H,33,37)/t7?,8?,10?,11?,12?,13?,14-,15-,16+,17-,18+,19+,20+,21?,22?,23?,24-,25-,26+,27?,28?,29-,30+,31+,32+/m1/s1. The quantitative estimate of drug-likeness (QED) is 0.0867. The number of aliphatic hydroxyl groups excluding tert-OH is 14. The molecule has 5 fully saturated rings. The fraction of sp³-hybridized carbons (Fsp3) is 0.969. The van der Waals surface area contributed by atoms with E-state index in [0.717, 1.165) is 6.92 Å². The molecule has 25 heteroatoms. The summed E-state index contributed by atoms with van der Waals surface area (Å²) in [5, 5.41) is 150. The second-order valence-electron chi connectivity index (χ2n) is 14.7. The summed E-state index contributed by atoms with van der Waals surface area (Å²) < 4.78 is 51.9. The zero-order valence-electron chi connectivity index (χ0n) is 30.9. The molecule has 15 N–H and O–H groups in total. The van der Waals surface area contributed by atoms with Crippen LogP contribution in [0.3, 0.4) is 0 Å². The van der Waals surface area contributed by atoms with Crippen LogP contribution in [0, 0.1) is 0 Å². The third-order valence-corrected chi connectivity index (χ3v) is 10.6. The van der Waals surface area contributed by atoms with Crippen molar-refractivity contribution in [2.45, 2.75) is 174 Å². The van der Waals surface area contributed by atoms with Crippen LogP contribution in [0.1, 0.15) is 20.8 Å². The van der Waals surface area contributed by atoms with Crippen molar-refractivity contribution in [2.75, 3.05) is 19.8 Å². The minimum Gasteiger partial charge on any atom is -0.394 e. The summed E-state index contributed by atoms with van der Waals surface area (Å²) in [4.78, 5) is 12.8. The smallest absolute Gasteiger partial charge is 0.217 e. The van der Waals surface area contributed by atoms with Crippen LogP contribution in [0.4, 0.5) is 0 Å². The van der Waals surface area contributed by atoms with Gasteiger partial charge in [-0.05, 0) is 13.8 Å². The van der Waals surface area contributed by atoms with E-state index in [9.17, 15) is 76.3 Å². The predicted octanol–water partition coefficient (Wildman–Crippen LogP) is -9.73. The fourth-order valence-corrected chi connectivity index (χ4v) is 7.29. The number of hydrogen-bond acceptors (Lipinski definition) is 24. The van der Waals surface area contributed by atoms with Crippen molar-refractivity contribution >= 4 is 5.91 Å². The van der Waals surface area contributed by atoms with E-state index < -0.39 is 179 Å². The number of rotatable bonds is 12. The van der Waals surface area contributed by atoms with E-state index in [1.165, 1.54) is 13.8 Å². The second-order valence-corrected chi connectivity index (χ2v) is 14.7. The molecule has 0 bridgehead atoms. The number of aliphatic hydroxyl groups is 14. The first-order chi connectivity index (χ1) is 26.8. The topological polar surface area (TPSA) is 395 Å². The van der Waals surface area contributed by atoms with Gasteiger partial charge >= 0.3 is 0 Å². The zero-order valence-corrected chi connectivity index (χ0v) is 30.9. The van der Waals surface area contributed by atoms with Gasteiger partial charge in [0.1, 0.15) is 110 Å². The Morgan fingerprint density at radius 3 is 1.42 bits per heavy atom. The minimum atomic E-state index is -2.04. The lowest BCUT2D eigenvalue weighted by Crippen LogP contribution is -2.71. The molecule has 0 aliphatic carbocycles. The van der Waals surface area contributed by atoms with Gasteiger partial charge in [0.15, 0.2) is 31.5 Å². The van der Waals surface area contributed by atoms with Crippen molar-refractivity contribution in [3.63, 3.8) is 0 Å². The second kappa shape index (κ2) is 19.5. The molecule has 0 radical (unpaired) electrons. The molecule has 0 spiro atoms. The maximum absolute atomic E-state index is 12.8. The van der Waals surface area contributed by atoms with Gasteiger partial charge < -0.3 is 119 Å². The minimum absolute atomic E-state index is 0.823. The summed E-state index contributed by atoms with van der Waals surface area (Å²) in [7, 11) is 0. The molecule has 5 saturated heterocycles. The largest absolute Gasteiger partial charge is 0.394 e. The lowest BCUT2D eigenvalue weighted by Gasteiger charge is -2.52. The molecule has 5 rings (SSSR count). The maximum atomic E-state index is 12.8. The monoisotopic (exact) mass is 837 g/mol. The average molecular weight is 838 g/mol. The van der Waals surface area contributed by atoms with Crippen LogP contribution in [0.15, 0.2) is 0 Å². The van der Waals surface area contributed by atoms with E-state index in [0.29, 0.717) is 0 Å². The van der Waals surface area contributed by atoms with Gasteiger partial charge in [-0.15, -0.1) is 0 Å². The van der Waals surface area contributed by atoms with Crippen LogP contribution in [-0.2, 0) is 47.4 Å². The van der Waals surface area contributed by atoms with Crippen LogP contribution >= 0.6 is 0 Å². The van der Waals surface area contributed by atoms with Crippen LogP contribution in [0.2, 0.25) is 0 Å². The summed E-state index contributed by atoms with van der Waals surface area (Å²) in [6.07, 6.45) is -42.6. The molecule has 332 valence electrons. The Labute approximate surface area is 324 Å². The Morgan fingerprint density at radius 2 is 0.912 bits per heavy atom. The Hall–Kier alpha value is -1.45. The van der Waals surface area contributed by atoms with Crippen LogP contribution < -0.4 is 5.32 Å². The molecule has 5 aliphatic rings. The molecule has 57 heavy (non-hydrogen) atoms. The Morgan fingerprint density at radius 1 is 0.456 bits per heavy atom. The van der Waals surface area contributed by atoms with Crippen molar-refractivity contribution in [1.29, 1.82) is 0 Å². The van der Waals surface area contributed by atoms with E-state index >= 15 is 0 Å². The summed E-state index contributed by atoms with van der Waals surface area (Å²) in [6, 6.07) is -1.73. The predicted molar refractivity (Wildman–Crippen MR) is 175 cm³/mol. The lowest BCUT2D eigenvalue weighted by molar-refractivity contribution is -0.397. The molecular formula is C32H55NO24. The Balaban J connectivity index is 1.56. The van der Waals surface area contributed by atoms with Crippen molar-refractivity contribution in [2.24, 2.45) is 0 Å². The first-order valence-corrected chi connectivity index (χ1v) is 18.3. The maximum Gasteiger partial charge on any atom is 0.217 e. The SMILES string of the molecule is CC(=O)NC1[C@@H](O[C@@H]2C(O)C(O)OC(CO)[C@H]2O)OC(CO)[C@@H](O[C@@H]2OC(C)[C@@H](O)[C@H](O)C2O)[C@@H]1O[C@@H]1OC(CO)[C@H](O)[C@H](O)C1O[C@@H]1OC(C)[C@@H](O)[C@H](O)C1O. The summed E-state index contributed by atoms with van der Waals surface area (Å²) in [6.45, 7) is 0.922. The van der Waals surface area contributed by atoms with Crippen molar-refractivity contribution in [3.8, 4) is 0 Å². The van der Waals surface area contributed by atoms with Gasteiger partial charge in [0.25, 0.3) is 0 Å². The van der Waals surface area contributed by atoms with Gasteiger partial charge in [0, 0.05) is 6.92 Å². The summed E-state index contributed by atoms with van der Waals surface area (Å²) in [5.41, 5.74) is 0. The normalized spacial score (nSPS) is 52.3. The first kappa shape index (κ1) is 46.6. The van der Waals surface area contributed by atoms with Crippen LogP contribution in [0.25, 0.3) is 0 Å². The molecule has 1 amide bonds. The van der Waals surface area contributed by atoms with Gasteiger partial charge in [-0.3, -0.25) is 4.79 Å². The van der Waals surface area contributed by atoms with E-state index in [2.05, 4.69) is 5.32 Å². The molecule has 5 aliphatic heterocycles. The molecule has 0 aromatic rings. The molecule has 0 aromatic carbocycles.